The molecule has 2 atom stereocenters. The number of hydrogen-bond acceptors (Lipinski definition) is 4. The largest absolute Gasteiger partial charge is 0.313 e. The average Bonchev–Trinajstić information content (AvgIpc) is 2.52. The number of rotatable bonds is 1. The van der Waals surface area contributed by atoms with Gasteiger partial charge in [0.1, 0.15) is 0 Å². The second kappa shape index (κ2) is 5.02. The molecule has 2 aliphatic heterocycles. The van der Waals surface area contributed by atoms with Crippen molar-refractivity contribution in [2.75, 3.05) is 31.1 Å². The van der Waals surface area contributed by atoms with Gasteiger partial charge in [-0.3, -0.25) is 4.90 Å². The standard InChI is InChI=1S/C11H22N2O2S/c1-10-8-13(6-3-2-5-12-10)11-4-7-16(14,15)9-11/h10-12H,2-9H2,1H3. The molecule has 2 heterocycles. The van der Waals surface area contributed by atoms with Crippen molar-refractivity contribution in [3.8, 4) is 0 Å². The maximum Gasteiger partial charge on any atom is 0.151 e. The minimum absolute atomic E-state index is 0.271. The molecule has 2 rings (SSSR count). The monoisotopic (exact) mass is 246 g/mol. The lowest BCUT2D eigenvalue weighted by atomic mass is 10.1. The molecular weight excluding hydrogens is 224 g/mol. The summed E-state index contributed by atoms with van der Waals surface area (Å²) in [5, 5.41) is 3.47. The van der Waals surface area contributed by atoms with Gasteiger partial charge >= 0.3 is 0 Å². The van der Waals surface area contributed by atoms with E-state index in [1.54, 1.807) is 0 Å². The van der Waals surface area contributed by atoms with Crippen molar-refractivity contribution in [2.24, 2.45) is 0 Å². The van der Waals surface area contributed by atoms with Crippen molar-refractivity contribution in [3.63, 3.8) is 0 Å². The van der Waals surface area contributed by atoms with E-state index in [2.05, 4.69) is 17.1 Å². The molecule has 4 nitrogen and oxygen atoms in total. The van der Waals surface area contributed by atoms with Crippen molar-refractivity contribution in [1.82, 2.24) is 10.2 Å². The molecule has 5 heteroatoms. The predicted octanol–water partition coefficient (Wildman–Crippen LogP) is 0.247. The van der Waals surface area contributed by atoms with Gasteiger partial charge in [-0.25, -0.2) is 8.42 Å². The molecule has 16 heavy (non-hydrogen) atoms. The van der Waals surface area contributed by atoms with Crippen LogP contribution in [0, 0.1) is 0 Å². The molecule has 0 saturated carbocycles. The highest BCUT2D eigenvalue weighted by molar-refractivity contribution is 7.91. The fourth-order valence-electron chi connectivity index (χ4n) is 2.69. The van der Waals surface area contributed by atoms with Crippen molar-refractivity contribution < 1.29 is 8.42 Å². The van der Waals surface area contributed by atoms with E-state index in [-0.39, 0.29) is 6.04 Å². The Bertz CT molecular complexity index is 329. The van der Waals surface area contributed by atoms with Gasteiger partial charge < -0.3 is 5.32 Å². The zero-order valence-electron chi connectivity index (χ0n) is 9.98. The summed E-state index contributed by atoms with van der Waals surface area (Å²) in [6.07, 6.45) is 3.20. The third-order valence-electron chi connectivity index (χ3n) is 3.60. The Balaban J connectivity index is 1.96. The van der Waals surface area contributed by atoms with E-state index in [9.17, 15) is 8.42 Å². The second-order valence-corrected chi connectivity index (χ2v) is 7.34. The Morgan fingerprint density at radius 2 is 2.12 bits per heavy atom. The molecule has 0 amide bonds. The highest BCUT2D eigenvalue weighted by Gasteiger charge is 2.32. The maximum absolute atomic E-state index is 11.5. The van der Waals surface area contributed by atoms with Crippen LogP contribution in [-0.4, -0.2) is 56.5 Å². The fraction of sp³-hybridized carbons (Fsp3) is 1.00. The molecule has 0 aromatic heterocycles. The van der Waals surface area contributed by atoms with Gasteiger partial charge in [0.15, 0.2) is 9.84 Å². The molecule has 2 unspecified atom stereocenters. The molecule has 0 aromatic rings. The maximum atomic E-state index is 11.5. The SMILES string of the molecule is CC1CN(C2CCS(=O)(=O)C2)CCCCN1. The quantitative estimate of drug-likeness (QED) is 0.720. The van der Waals surface area contributed by atoms with Crippen molar-refractivity contribution in [3.05, 3.63) is 0 Å². The summed E-state index contributed by atoms with van der Waals surface area (Å²) < 4.78 is 23.0. The van der Waals surface area contributed by atoms with Gasteiger partial charge in [0, 0.05) is 18.6 Å². The van der Waals surface area contributed by atoms with Crippen LogP contribution in [0.5, 0.6) is 0 Å². The third kappa shape index (κ3) is 3.18. The van der Waals surface area contributed by atoms with E-state index < -0.39 is 9.84 Å². The molecule has 94 valence electrons. The number of nitrogens with one attached hydrogen (secondary N) is 1. The third-order valence-corrected chi connectivity index (χ3v) is 5.35. The molecule has 2 aliphatic rings. The molecular formula is C11H22N2O2S. The van der Waals surface area contributed by atoms with Crippen molar-refractivity contribution in [2.45, 2.75) is 38.3 Å². The van der Waals surface area contributed by atoms with Gasteiger partial charge in [0.05, 0.1) is 11.5 Å². The summed E-state index contributed by atoms with van der Waals surface area (Å²) in [5.41, 5.74) is 0. The summed E-state index contributed by atoms with van der Waals surface area (Å²) in [7, 11) is -2.75. The summed E-state index contributed by atoms with van der Waals surface area (Å²) >= 11 is 0. The van der Waals surface area contributed by atoms with Crippen LogP contribution < -0.4 is 5.32 Å². The van der Waals surface area contributed by atoms with Crippen LogP contribution in [0.3, 0.4) is 0 Å². The minimum atomic E-state index is -2.75. The number of sulfone groups is 1. The molecule has 0 spiro atoms. The molecule has 0 aliphatic carbocycles. The van der Waals surface area contributed by atoms with Crippen LogP contribution in [0.25, 0.3) is 0 Å². The lowest BCUT2D eigenvalue weighted by molar-refractivity contribution is 0.178. The molecule has 2 fully saturated rings. The average molecular weight is 246 g/mol. The first-order chi connectivity index (χ1) is 7.57. The fourth-order valence-corrected chi connectivity index (χ4v) is 4.45. The molecule has 0 aromatic carbocycles. The van der Waals surface area contributed by atoms with E-state index in [1.807, 2.05) is 0 Å². The first-order valence-corrected chi connectivity index (χ1v) is 8.07. The highest BCUT2D eigenvalue weighted by Crippen LogP contribution is 2.19. The van der Waals surface area contributed by atoms with Crippen molar-refractivity contribution >= 4 is 9.84 Å². The number of hydrogen-bond donors (Lipinski definition) is 1. The zero-order valence-corrected chi connectivity index (χ0v) is 10.8. The zero-order chi connectivity index (χ0) is 11.6. The highest BCUT2D eigenvalue weighted by atomic mass is 32.2. The predicted molar refractivity (Wildman–Crippen MR) is 65.3 cm³/mol. The minimum Gasteiger partial charge on any atom is -0.313 e. The van der Waals surface area contributed by atoms with Crippen LogP contribution in [0.15, 0.2) is 0 Å². The first-order valence-electron chi connectivity index (χ1n) is 6.25. The summed E-state index contributed by atoms with van der Waals surface area (Å²) in [5.74, 6) is 0.760. The molecule has 0 radical (unpaired) electrons. The smallest absolute Gasteiger partial charge is 0.151 e. The van der Waals surface area contributed by atoms with Gasteiger partial charge in [-0.1, -0.05) is 0 Å². The first kappa shape index (κ1) is 12.3. The Morgan fingerprint density at radius 3 is 2.81 bits per heavy atom. The van der Waals surface area contributed by atoms with Crippen LogP contribution in [0.4, 0.5) is 0 Å². The summed E-state index contributed by atoms with van der Waals surface area (Å²) in [4.78, 5) is 2.38. The van der Waals surface area contributed by atoms with Gasteiger partial charge in [0.2, 0.25) is 0 Å². The van der Waals surface area contributed by atoms with E-state index >= 15 is 0 Å². The van der Waals surface area contributed by atoms with Gasteiger partial charge in [-0.15, -0.1) is 0 Å². The van der Waals surface area contributed by atoms with Crippen LogP contribution in [-0.2, 0) is 9.84 Å². The summed E-state index contributed by atoms with van der Waals surface area (Å²) in [6.45, 7) is 5.33. The van der Waals surface area contributed by atoms with Crippen LogP contribution >= 0.6 is 0 Å². The Labute approximate surface area is 98.3 Å². The van der Waals surface area contributed by atoms with E-state index in [0.717, 1.165) is 26.1 Å². The molecule has 0 bridgehead atoms. The number of nitrogens with zero attached hydrogens (tertiary/aromatic N) is 1. The molecule has 2 saturated heterocycles. The Hall–Kier alpha value is -0.130. The second-order valence-electron chi connectivity index (χ2n) is 5.11. The van der Waals surface area contributed by atoms with E-state index in [0.29, 0.717) is 17.5 Å². The molecule has 1 N–H and O–H groups in total. The van der Waals surface area contributed by atoms with E-state index in [4.69, 9.17) is 0 Å². The van der Waals surface area contributed by atoms with Gasteiger partial charge in [0.25, 0.3) is 0 Å². The normalized spacial score (nSPS) is 36.8. The Kier molecular flexibility index (Phi) is 3.87. The van der Waals surface area contributed by atoms with Gasteiger partial charge in [-0.2, -0.15) is 0 Å². The van der Waals surface area contributed by atoms with E-state index in [1.165, 1.54) is 12.8 Å². The lowest BCUT2D eigenvalue weighted by Gasteiger charge is -2.32. The Morgan fingerprint density at radius 1 is 1.31 bits per heavy atom. The lowest BCUT2D eigenvalue weighted by Crippen LogP contribution is -2.47. The topological polar surface area (TPSA) is 49.4 Å². The van der Waals surface area contributed by atoms with Crippen molar-refractivity contribution in [1.29, 1.82) is 0 Å². The van der Waals surface area contributed by atoms with Crippen LogP contribution in [0.1, 0.15) is 26.2 Å². The van der Waals surface area contributed by atoms with Crippen LogP contribution in [0.2, 0.25) is 0 Å². The summed E-state index contributed by atoms with van der Waals surface area (Å²) in [6, 6.07) is 0.746. The van der Waals surface area contributed by atoms with Gasteiger partial charge in [-0.05, 0) is 39.3 Å².